The summed E-state index contributed by atoms with van der Waals surface area (Å²) in [6, 6.07) is 5.22. The van der Waals surface area contributed by atoms with Crippen molar-refractivity contribution in [1.29, 1.82) is 0 Å². The predicted molar refractivity (Wildman–Crippen MR) is 79.2 cm³/mol. The second kappa shape index (κ2) is 4.79. The van der Waals surface area contributed by atoms with Crippen molar-refractivity contribution in [3.8, 4) is 0 Å². The van der Waals surface area contributed by atoms with E-state index in [4.69, 9.17) is 0 Å². The van der Waals surface area contributed by atoms with E-state index >= 15 is 0 Å². The normalized spacial score (nSPS) is 23.9. The van der Waals surface area contributed by atoms with Crippen molar-refractivity contribution in [2.24, 2.45) is 0 Å². The van der Waals surface area contributed by atoms with Gasteiger partial charge in [-0.15, -0.1) is 5.10 Å². The van der Waals surface area contributed by atoms with E-state index in [1.54, 1.807) is 21.7 Å². The van der Waals surface area contributed by atoms with Crippen LogP contribution in [0, 0.1) is 0 Å². The van der Waals surface area contributed by atoms with Gasteiger partial charge in [-0.2, -0.15) is 0 Å². The Morgan fingerprint density at radius 2 is 2.27 bits per heavy atom. The lowest BCUT2D eigenvalue weighted by Crippen LogP contribution is -2.57. The number of carbonyl (C=O) groups excluding carboxylic acids is 2. The first-order valence-corrected chi connectivity index (χ1v) is 7.62. The molecule has 0 aliphatic carbocycles. The zero-order chi connectivity index (χ0) is 15.3. The minimum absolute atomic E-state index is 0.0416. The first-order valence-electron chi connectivity index (χ1n) is 7.62. The van der Waals surface area contributed by atoms with Gasteiger partial charge in [-0.3, -0.25) is 9.59 Å². The van der Waals surface area contributed by atoms with E-state index in [1.807, 2.05) is 13.0 Å². The molecule has 2 aromatic rings. The van der Waals surface area contributed by atoms with E-state index in [1.165, 1.54) is 0 Å². The number of piperazine rings is 1. The van der Waals surface area contributed by atoms with Gasteiger partial charge in [-0.25, -0.2) is 4.68 Å². The molecule has 114 valence electrons. The summed E-state index contributed by atoms with van der Waals surface area (Å²) in [5.41, 5.74) is 2.20. The van der Waals surface area contributed by atoms with Crippen LogP contribution in [0.25, 0.3) is 11.0 Å². The van der Waals surface area contributed by atoms with E-state index in [0.717, 1.165) is 24.9 Å². The molecule has 2 saturated heterocycles. The summed E-state index contributed by atoms with van der Waals surface area (Å²) in [6.07, 6.45) is 1.62. The Kier molecular flexibility index (Phi) is 2.88. The van der Waals surface area contributed by atoms with Crippen LogP contribution in [0.5, 0.6) is 0 Å². The van der Waals surface area contributed by atoms with E-state index in [-0.39, 0.29) is 23.9 Å². The highest BCUT2D eigenvalue weighted by atomic mass is 16.2. The van der Waals surface area contributed by atoms with Crippen molar-refractivity contribution >= 4 is 22.8 Å². The van der Waals surface area contributed by atoms with Crippen LogP contribution in [0.3, 0.4) is 0 Å². The van der Waals surface area contributed by atoms with Gasteiger partial charge in [-0.05, 0) is 38.0 Å². The van der Waals surface area contributed by atoms with Crippen LogP contribution in [0.4, 0.5) is 0 Å². The number of nitrogens with zero attached hydrogens (tertiary/aromatic N) is 4. The van der Waals surface area contributed by atoms with Gasteiger partial charge in [0.05, 0.1) is 11.6 Å². The number of carbonyl (C=O) groups is 2. The number of hydrogen-bond donors (Lipinski definition) is 1. The van der Waals surface area contributed by atoms with E-state index in [0.29, 0.717) is 17.6 Å². The van der Waals surface area contributed by atoms with Crippen molar-refractivity contribution in [3.63, 3.8) is 0 Å². The number of aryl methyl sites for hydroxylation is 1. The maximum Gasteiger partial charge on any atom is 0.254 e. The predicted octanol–water partition coefficient (Wildman–Crippen LogP) is 0.554. The van der Waals surface area contributed by atoms with Crippen LogP contribution in [-0.2, 0) is 11.3 Å². The molecule has 2 amide bonds. The van der Waals surface area contributed by atoms with E-state index in [2.05, 4.69) is 15.6 Å². The molecule has 4 rings (SSSR count). The second-order valence-corrected chi connectivity index (χ2v) is 5.81. The summed E-state index contributed by atoms with van der Waals surface area (Å²) in [5, 5.41) is 11.0. The molecule has 2 bridgehead atoms. The third-order valence-corrected chi connectivity index (χ3v) is 4.61. The number of rotatable bonds is 2. The first-order chi connectivity index (χ1) is 10.7. The smallest absolute Gasteiger partial charge is 0.254 e. The van der Waals surface area contributed by atoms with E-state index in [9.17, 15) is 9.59 Å². The molecule has 2 unspecified atom stereocenters. The van der Waals surface area contributed by atoms with Crippen LogP contribution in [0.1, 0.15) is 30.1 Å². The number of amides is 2. The average Bonchev–Trinajstić information content (AvgIpc) is 3.10. The largest absolute Gasteiger partial charge is 0.352 e. The van der Waals surface area contributed by atoms with Gasteiger partial charge >= 0.3 is 0 Å². The van der Waals surface area contributed by atoms with Crippen molar-refractivity contribution in [2.45, 2.75) is 38.4 Å². The maximum atomic E-state index is 12.8. The Hall–Kier alpha value is -2.44. The fourth-order valence-electron chi connectivity index (χ4n) is 3.47. The molecule has 0 radical (unpaired) electrons. The molecular weight excluding hydrogens is 282 g/mol. The molecule has 7 nitrogen and oxygen atoms in total. The molecule has 0 saturated carbocycles. The average molecular weight is 299 g/mol. The number of fused-ring (bicyclic) bond motifs is 3. The fourth-order valence-corrected chi connectivity index (χ4v) is 3.47. The summed E-state index contributed by atoms with van der Waals surface area (Å²) in [6.45, 7) is 3.28. The molecule has 0 spiro atoms. The molecule has 2 fully saturated rings. The van der Waals surface area contributed by atoms with Crippen molar-refractivity contribution in [2.75, 3.05) is 6.54 Å². The third-order valence-electron chi connectivity index (χ3n) is 4.61. The van der Waals surface area contributed by atoms with Crippen molar-refractivity contribution in [1.82, 2.24) is 25.2 Å². The Morgan fingerprint density at radius 3 is 3.09 bits per heavy atom. The summed E-state index contributed by atoms with van der Waals surface area (Å²) >= 11 is 0. The van der Waals surface area contributed by atoms with Gasteiger partial charge in [0.2, 0.25) is 5.91 Å². The second-order valence-electron chi connectivity index (χ2n) is 5.81. The minimum atomic E-state index is -0.326. The van der Waals surface area contributed by atoms with Crippen LogP contribution in [0.2, 0.25) is 0 Å². The van der Waals surface area contributed by atoms with Crippen LogP contribution >= 0.6 is 0 Å². The highest BCUT2D eigenvalue weighted by Crippen LogP contribution is 2.29. The Balaban J connectivity index is 1.69. The topological polar surface area (TPSA) is 80.1 Å². The van der Waals surface area contributed by atoms with Gasteiger partial charge in [-0.1, -0.05) is 5.21 Å². The summed E-state index contributed by atoms with van der Waals surface area (Å²) < 4.78 is 1.79. The molecule has 1 aromatic carbocycles. The highest BCUT2D eigenvalue weighted by molar-refractivity contribution is 6.00. The van der Waals surface area contributed by atoms with Crippen molar-refractivity contribution < 1.29 is 9.59 Å². The summed E-state index contributed by atoms with van der Waals surface area (Å²) in [5.74, 6) is -0.129. The van der Waals surface area contributed by atoms with E-state index < -0.39 is 0 Å². The fraction of sp³-hybridized carbons (Fsp3) is 0.467. The lowest BCUT2D eigenvalue weighted by Gasteiger charge is -2.34. The highest BCUT2D eigenvalue weighted by Gasteiger charge is 2.44. The third kappa shape index (κ3) is 1.81. The lowest BCUT2D eigenvalue weighted by molar-refractivity contribution is -0.127. The maximum absolute atomic E-state index is 12.8. The monoisotopic (exact) mass is 299 g/mol. The van der Waals surface area contributed by atoms with Gasteiger partial charge in [0.1, 0.15) is 11.6 Å². The van der Waals surface area contributed by atoms with Crippen LogP contribution in [0.15, 0.2) is 18.2 Å². The van der Waals surface area contributed by atoms with Crippen LogP contribution < -0.4 is 5.32 Å². The number of nitrogens with one attached hydrogen (secondary N) is 1. The molecule has 1 N–H and O–H groups in total. The molecule has 2 aliphatic heterocycles. The number of aromatic nitrogens is 3. The molecule has 3 heterocycles. The molecule has 2 atom stereocenters. The van der Waals surface area contributed by atoms with Gasteiger partial charge < -0.3 is 10.2 Å². The van der Waals surface area contributed by atoms with Gasteiger partial charge in [0.25, 0.3) is 5.91 Å². The van der Waals surface area contributed by atoms with Crippen molar-refractivity contribution in [3.05, 3.63) is 23.8 Å². The molecule has 1 aromatic heterocycles. The lowest BCUT2D eigenvalue weighted by atomic mass is 10.1. The first kappa shape index (κ1) is 13.2. The Bertz CT molecular complexity index is 768. The molecule has 2 aliphatic rings. The quantitative estimate of drug-likeness (QED) is 0.878. The number of benzene rings is 1. The van der Waals surface area contributed by atoms with Gasteiger partial charge in [0.15, 0.2) is 0 Å². The summed E-state index contributed by atoms with van der Waals surface area (Å²) in [4.78, 5) is 26.5. The minimum Gasteiger partial charge on any atom is -0.352 e. The van der Waals surface area contributed by atoms with Crippen LogP contribution in [-0.4, -0.2) is 50.3 Å². The van der Waals surface area contributed by atoms with Gasteiger partial charge in [0, 0.05) is 18.7 Å². The zero-order valence-corrected chi connectivity index (χ0v) is 12.3. The Labute approximate surface area is 127 Å². The summed E-state index contributed by atoms with van der Waals surface area (Å²) in [7, 11) is 0. The molecular formula is C15H17N5O2. The number of hydrogen-bond acceptors (Lipinski definition) is 4. The standard InChI is InChI=1S/C15H17N5O2/c1-2-19-12-5-3-9(7-11(12)17-18-19)15(22)20-10-4-6-13(20)14(21)16-8-10/h3,5,7,10,13H,2,4,6,8H2,1H3,(H,16,21). The molecule has 22 heavy (non-hydrogen) atoms. The zero-order valence-electron chi connectivity index (χ0n) is 12.3. The Morgan fingerprint density at radius 1 is 1.41 bits per heavy atom. The molecule has 7 heteroatoms. The SMILES string of the molecule is CCn1nnc2cc(C(=O)N3C4CCC3C(=O)NC4)ccc21.